The van der Waals surface area contributed by atoms with Crippen molar-refractivity contribution in [2.24, 2.45) is 0 Å². The smallest absolute Gasteiger partial charge is 0.297 e. The largest absolute Gasteiger partial charge is 0.394 e. The normalized spacial score (nSPS) is 13.7. The van der Waals surface area contributed by atoms with Gasteiger partial charge in [-0.05, 0) is 24.6 Å². The van der Waals surface area contributed by atoms with Crippen LogP contribution in [0, 0.1) is 6.92 Å². The van der Waals surface area contributed by atoms with Crippen molar-refractivity contribution in [1.82, 2.24) is 0 Å². The molecule has 0 amide bonds. The molecule has 0 heterocycles. The molecule has 0 saturated carbocycles. The van der Waals surface area contributed by atoms with Crippen molar-refractivity contribution in [2.75, 3.05) is 13.2 Å². The summed E-state index contributed by atoms with van der Waals surface area (Å²) < 4.78 is 27.8. The maximum atomic E-state index is 11.6. The number of aliphatic hydroxyl groups excluding tert-OH is 2. The van der Waals surface area contributed by atoms with Crippen LogP contribution in [0.4, 0.5) is 0 Å². The lowest BCUT2D eigenvalue weighted by Crippen LogP contribution is -2.22. The summed E-state index contributed by atoms with van der Waals surface area (Å²) in [6, 6.07) is 6.25. The van der Waals surface area contributed by atoms with E-state index in [1.165, 1.54) is 12.1 Å². The molecule has 5 nitrogen and oxygen atoms in total. The number of rotatable bonds is 5. The summed E-state index contributed by atoms with van der Waals surface area (Å²) in [5, 5.41) is 17.5. The Morgan fingerprint density at radius 1 is 1.44 bits per heavy atom. The SMILES string of the molecule is Cc1cccc(S(=O)(=O)OCC(O)CO)c1. The Balaban J connectivity index is 2.78. The minimum Gasteiger partial charge on any atom is -0.394 e. The van der Waals surface area contributed by atoms with Crippen LogP contribution in [0.3, 0.4) is 0 Å². The molecule has 0 fully saturated rings. The predicted molar refractivity (Wildman–Crippen MR) is 57.4 cm³/mol. The molecule has 90 valence electrons. The van der Waals surface area contributed by atoms with Gasteiger partial charge >= 0.3 is 0 Å². The van der Waals surface area contributed by atoms with Crippen molar-refractivity contribution < 1.29 is 22.8 Å². The van der Waals surface area contributed by atoms with Gasteiger partial charge in [-0.1, -0.05) is 12.1 Å². The second kappa shape index (κ2) is 5.40. The second-order valence-electron chi connectivity index (χ2n) is 3.39. The first-order valence-corrected chi connectivity index (χ1v) is 6.11. The molecule has 6 heteroatoms. The molecule has 16 heavy (non-hydrogen) atoms. The Morgan fingerprint density at radius 2 is 2.12 bits per heavy atom. The van der Waals surface area contributed by atoms with Crippen LogP contribution in [0.1, 0.15) is 5.56 Å². The Bertz CT molecular complexity index is 440. The highest BCUT2D eigenvalue weighted by molar-refractivity contribution is 7.86. The molecule has 0 aromatic heterocycles. The molecule has 2 N–H and O–H groups in total. The monoisotopic (exact) mass is 246 g/mol. The third kappa shape index (κ3) is 3.57. The van der Waals surface area contributed by atoms with Crippen molar-refractivity contribution in [3.8, 4) is 0 Å². The molecule has 1 rings (SSSR count). The number of aryl methyl sites for hydroxylation is 1. The van der Waals surface area contributed by atoms with Crippen molar-refractivity contribution in [3.63, 3.8) is 0 Å². The van der Waals surface area contributed by atoms with Gasteiger partial charge in [-0.15, -0.1) is 0 Å². The molecule has 1 atom stereocenters. The average Bonchev–Trinajstić information content (AvgIpc) is 2.26. The van der Waals surface area contributed by atoms with Crippen LogP contribution in [0.5, 0.6) is 0 Å². The molecule has 0 saturated heterocycles. The molecular formula is C10H14O5S. The Labute approximate surface area is 94.4 Å². The van der Waals surface area contributed by atoms with Gasteiger partial charge in [0.2, 0.25) is 0 Å². The van der Waals surface area contributed by atoms with E-state index in [1.807, 2.05) is 0 Å². The van der Waals surface area contributed by atoms with Crippen LogP contribution >= 0.6 is 0 Å². The highest BCUT2D eigenvalue weighted by Gasteiger charge is 2.16. The summed E-state index contributed by atoms with van der Waals surface area (Å²) in [5.74, 6) is 0. The van der Waals surface area contributed by atoms with Crippen LogP contribution in [0.25, 0.3) is 0 Å². The first-order valence-electron chi connectivity index (χ1n) is 4.71. The zero-order chi connectivity index (χ0) is 12.2. The highest BCUT2D eigenvalue weighted by atomic mass is 32.2. The van der Waals surface area contributed by atoms with Crippen molar-refractivity contribution in [1.29, 1.82) is 0 Å². The molecule has 0 aliphatic rings. The molecule has 0 spiro atoms. The average molecular weight is 246 g/mol. The fourth-order valence-corrected chi connectivity index (χ4v) is 2.11. The predicted octanol–water partition coefficient (Wildman–Crippen LogP) is 0.0535. The summed E-state index contributed by atoms with van der Waals surface area (Å²) >= 11 is 0. The van der Waals surface area contributed by atoms with Crippen LogP contribution in [0.15, 0.2) is 29.2 Å². The van der Waals surface area contributed by atoms with Gasteiger partial charge in [0, 0.05) is 0 Å². The lowest BCUT2D eigenvalue weighted by molar-refractivity contribution is 0.0557. The fraction of sp³-hybridized carbons (Fsp3) is 0.400. The first-order chi connectivity index (χ1) is 7.45. The van der Waals surface area contributed by atoms with Gasteiger partial charge in [0.1, 0.15) is 6.10 Å². The number of hydrogen-bond acceptors (Lipinski definition) is 5. The maximum absolute atomic E-state index is 11.6. The van der Waals surface area contributed by atoms with Gasteiger partial charge in [-0.2, -0.15) is 8.42 Å². The fourth-order valence-electron chi connectivity index (χ4n) is 1.06. The lowest BCUT2D eigenvalue weighted by atomic mass is 10.2. The summed E-state index contributed by atoms with van der Waals surface area (Å²) in [7, 11) is -3.86. The lowest BCUT2D eigenvalue weighted by Gasteiger charge is -2.09. The number of benzene rings is 1. The van der Waals surface area contributed by atoms with Crippen LogP contribution in [0.2, 0.25) is 0 Å². The summed E-state index contributed by atoms with van der Waals surface area (Å²) in [5.41, 5.74) is 0.799. The highest BCUT2D eigenvalue weighted by Crippen LogP contribution is 2.13. The van der Waals surface area contributed by atoms with E-state index in [2.05, 4.69) is 4.18 Å². The standard InChI is InChI=1S/C10H14O5S/c1-8-3-2-4-10(5-8)16(13,14)15-7-9(12)6-11/h2-5,9,11-12H,6-7H2,1H3. The third-order valence-electron chi connectivity index (χ3n) is 1.90. The van der Waals surface area contributed by atoms with Crippen LogP contribution in [-0.2, 0) is 14.3 Å². The van der Waals surface area contributed by atoms with Crippen molar-refractivity contribution in [2.45, 2.75) is 17.9 Å². The molecule has 0 bridgehead atoms. The molecule has 1 aromatic rings. The summed E-state index contributed by atoms with van der Waals surface area (Å²) in [6.45, 7) is 0.775. The minimum absolute atomic E-state index is 0.0395. The van der Waals surface area contributed by atoms with Crippen LogP contribution in [-0.4, -0.2) is 37.9 Å². The molecular weight excluding hydrogens is 232 g/mol. The van der Waals surface area contributed by atoms with Crippen LogP contribution < -0.4 is 0 Å². The Morgan fingerprint density at radius 3 is 2.69 bits per heavy atom. The van der Waals surface area contributed by atoms with E-state index in [-0.39, 0.29) is 4.90 Å². The quantitative estimate of drug-likeness (QED) is 0.717. The van der Waals surface area contributed by atoms with Gasteiger partial charge in [-0.25, -0.2) is 0 Å². The van der Waals surface area contributed by atoms with Crippen molar-refractivity contribution in [3.05, 3.63) is 29.8 Å². The van der Waals surface area contributed by atoms with Crippen molar-refractivity contribution >= 4 is 10.1 Å². The maximum Gasteiger partial charge on any atom is 0.297 e. The molecule has 0 aliphatic carbocycles. The molecule has 0 radical (unpaired) electrons. The van der Waals surface area contributed by atoms with E-state index in [9.17, 15) is 8.42 Å². The zero-order valence-corrected chi connectivity index (χ0v) is 9.64. The van der Waals surface area contributed by atoms with Gasteiger partial charge in [0.15, 0.2) is 0 Å². The van der Waals surface area contributed by atoms with Gasteiger partial charge < -0.3 is 10.2 Å². The van der Waals surface area contributed by atoms with E-state index in [1.54, 1.807) is 19.1 Å². The second-order valence-corrected chi connectivity index (χ2v) is 5.01. The van der Waals surface area contributed by atoms with E-state index >= 15 is 0 Å². The molecule has 1 unspecified atom stereocenters. The Kier molecular flexibility index (Phi) is 4.43. The number of aliphatic hydroxyl groups is 2. The summed E-state index contributed by atoms with van der Waals surface area (Å²) in [4.78, 5) is 0.0395. The van der Waals surface area contributed by atoms with Gasteiger partial charge in [-0.3, -0.25) is 4.18 Å². The Hall–Kier alpha value is -0.950. The zero-order valence-electron chi connectivity index (χ0n) is 8.83. The van der Waals surface area contributed by atoms with Gasteiger partial charge in [0.05, 0.1) is 18.1 Å². The molecule has 0 aliphatic heterocycles. The van der Waals surface area contributed by atoms with E-state index in [0.29, 0.717) is 0 Å². The first kappa shape index (κ1) is 13.1. The summed E-state index contributed by atoms with van der Waals surface area (Å²) in [6.07, 6.45) is -1.19. The van der Waals surface area contributed by atoms with E-state index in [4.69, 9.17) is 10.2 Å². The van der Waals surface area contributed by atoms with E-state index < -0.39 is 29.4 Å². The minimum atomic E-state index is -3.86. The third-order valence-corrected chi connectivity index (χ3v) is 3.18. The van der Waals surface area contributed by atoms with E-state index in [0.717, 1.165) is 5.56 Å². The number of hydrogen-bond donors (Lipinski definition) is 2. The van der Waals surface area contributed by atoms with Gasteiger partial charge in [0.25, 0.3) is 10.1 Å². The topological polar surface area (TPSA) is 83.8 Å². The molecule has 1 aromatic carbocycles.